The standard InChI is InChI=1S/C12H18N4O/c1-8-9(2)15-16-11(10(8)5-13)14-6-12(3,4)7-17/h17H,6-7H2,1-4H3,(H,14,16). The smallest absolute Gasteiger partial charge is 0.166 e. The average molecular weight is 234 g/mol. The minimum Gasteiger partial charge on any atom is -0.396 e. The number of aryl methyl sites for hydroxylation is 1. The number of hydrogen-bond acceptors (Lipinski definition) is 5. The number of nitrogens with zero attached hydrogens (tertiary/aromatic N) is 3. The molecule has 2 N–H and O–H groups in total. The van der Waals surface area contributed by atoms with Gasteiger partial charge >= 0.3 is 0 Å². The first-order valence-corrected chi connectivity index (χ1v) is 5.50. The van der Waals surface area contributed by atoms with Gasteiger partial charge in [0.1, 0.15) is 11.6 Å². The molecule has 0 saturated carbocycles. The summed E-state index contributed by atoms with van der Waals surface area (Å²) in [6.45, 7) is 8.14. The Morgan fingerprint density at radius 2 is 2.00 bits per heavy atom. The minimum absolute atomic E-state index is 0.0696. The van der Waals surface area contributed by atoms with Crippen molar-refractivity contribution in [3.8, 4) is 6.07 Å². The summed E-state index contributed by atoms with van der Waals surface area (Å²) in [6, 6.07) is 2.13. The van der Waals surface area contributed by atoms with Crippen LogP contribution < -0.4 is 5.32 Å². The van der Waals surface area contributed by atoms with Gasteiger partial charge in [-0.1, -0.05) is 13.8 Å². The summed E-state index contributed by atoms with van der Waals surface area (Å²) in [5.41, 5.74) is 1.86. The van der Waals surface area contributed by atoms with Gasteiger partial charge in [-0.25, -0.2) is 0 Å². The van der Waals surface area contributed by atoms with Crippen LogP contribution in [0.2, 0.25) is 0 Å². The van der Waals surface area contributed by atoms with E-state index in [1.807, 2.05) is 27.7 Å². The highest BCUT2D eigenvalue weighted by molar-refractivity contribution is 5.55. The Morgan fingerprint density at radius 1 is 1.35 bits per heavy atom. The van der Waals surface area contributed by atoms with Crippen molar-refractivity contribution in [2.45, 2.75) is 27.7 Å². The van der Waals surface area contributed by atoms with Gasteiger partial charge in [-0.3, -0.25) is 0 Å². The fourth-order valence-corrected chi connectivity index (χ4v) is 1.25. The Bertz CT molecular complexity index is 449. The maximum atomic E-state index is 9.16. The molecular weight excluding hydrogens is 216 g/mol. The highest BCUT2D eigenvalue weighted by atomic mass is 16.3. The van der Waals surface area contributed by atoms with E-state index in [0.717, 1.165) is 11.3 Å². The Balaban J connectivity index is 2.94. The average Bonchev–Trinajstić information content (AvgIpc) is 2.31. The first kappa shape index (κ1) is 13.4. The lowest BCUT2D eigenvalue weighted by Crippen LogP contribution is -2.27. The molecule has 0 bridgehead atoms. The maximum absolute atomic E-state index is 9.16. The van der Waals surface area contributed by atoms with E-state index in [0.29, 0.717) is 17.9 Å². The molecule has 0 aliphatic carbocycles. The highest BCUT2D eigenvalue weighted by Crippen LogP contribution is 2.20. The third-order valence-electron chi connectivity index (χ3n) is 2.73. The molecule has 0 spiro atoms. The number of nitriles is 1. The van der Waals surface area contributed by atoms with Gasteiger partial charge in [-0.15, -0.1) is 5.10 Å². The predicted octanol–water partition coefficient (Wildman–Crippen LogP) is 1.40. The van der Waals surface area contributed by atoms with Gasteiger partial charge < -0.3 is 10.4 Å². The van der Waals surface area contributed by atoms with Gasteiger partial charge in [0.25, 0.3) is 0 Å². The minimum atomic E-state index is -0.257. The molecule has 0 amide bonds. The largest absolute Gasteiger partial charge is 0.396 e. The van der Waals surface area contributed by atoms with Crippen LogP contribution in [0.25, 0.3) is 0 Å². The summed E-state index contributed by atoms with van der Waals surface area (Å²) in [7, 11) is 0. The number of aromatic nitrogens is 2. The number of hydrogen-bond donors (Lipinski definition) is 2. The summed E-state index contributed by atoms with van der Waals surface area (Å²) >= 11 is 0. The van der Waals surface area contributed by atoms with E-state index in [4.69, 9.17) is 10.4 Å². The number of aliphatic hydroxyl groups excluding tert-OH is 1. The zero-order valence-electron chi connectivity index (χ0n) is 10.7. The number of anilines is 1. The molecule has 0 fully saturated rings. The Morgan fingerprint density at radius 3 is 2.53 bits per heavy atom. The quantitative estimate of drug-likeness (QED) is 0.822. The van der Waals surface area contributed by atoms with Crippen LogP contribution in [0.3, 0.4) is 0 Å². The molecule has 0 aliphatic heterocycles. The van der Waals surface area contributed by atoms with Gasteiger partial charge in [0.15, 0.2) is 5.82 Å². The molecule has 17 heavy (non-hydrogen) atoms. The topological polar surface area (TPSA) is 81.8 Å². The predicted molar refractivity (Wildman–Crippen MR) is 65.6 cm³/mol. The lowest BCUT2D eigenvalue weighted by Gasteiger charge is -2.22. The molecule has 5 nitrogen and oxygen atoms in total. The monoisotopic (exact) mass is 234 g/mol. The maximum Gasteiger partial charge on any atom is 0.166 e. The van der Waals surface area contributed by atoms with Crippen LogP contribution in [-0.2, 0) is 0 Å². The molecule has 92 valence electrons. The van der Waals surface area contributed by atoms with Crippen LogP contribution in [0.1, 0.15) is 30.7 Å². The molecule has 0 atom stereocenters. The van der Waals surface area contributed by atoms with Gasteiger partial charge in [-0.2, -0.15) is 10.4 Å². The van der Waals surface area contributed by atoms with Gasteiger partial charge in [0.05, 0.1) is 5.69 Å². The number of nitrogens with one attached hydrogen (secondary N) is 1. The third-order valence-corrected chi connectivity index (χ3v) is 2.73. The number of aliphatic hydroxyl groups is 1. The van der Waals surface area contributed by atoms with Crippen molar-refractivity contribution >= 4 is 5.82 Å². The van der Waals surface area contributed by atoms with Crippen molar-refractivity contribution in [2.24, 2.45) is 5.41 Å². The molecular formula is C12H18N4O. The second-order valence-corrected chi connectivity index (χ2v) is 4.92. The van der Waals surface area contributed by atoms with Crippen LogP contribution in [0, 0.1) is 30.6 Å². The molecule has 0 aliphatic rings. The lowest BCUT2D eigenvalue weighted by molar-refractivity contribution is 0.170. The molecule has 0 radical (unpaired) electrons. The van der Waals surface area contributed by atoms with E-state index in [9.17, 15) is 0 Å². The van der Waals surface area contributed by atoms with Gasteiger partial charge in [-0.05, 0) is 19.4 Å². The second-order valence-electron chi connectivity index (χ2n) is 4.92. The van der Waals surface area contributed by atoms with E-state index in [2.05, 4.69) is 21.6 Å². The summed E-state index contributed by atoms with van der Waals surface area (Å²) in [5.74, 6) is 0.483. The van der Waals surface area contributed by atoms with E-state index in [1.54, 1.807) is 0 Å². The zero-order valence-corrected chi connectivity index (χ0v) is 10.7. The van der Waals surface area contributed by atoms with Crippen LogP contribution >= 0.6 is 0 Å². The molecule has 1 rings (SSSR count). The second kappa shape index (κ2) is 5.11. The summed E-state index contributed by atoms with van der Waals surface area (Å²) < 4.78 is 0. The first-order chi connectivity index (χ1) is 7.91. The molecule has 0 unspecified atom stereocenters. The Hall–Kier alpha value is -1.67. The van der Waals surface area contributed by atoms with Crippen molar-refractivity contribution in [1.29, 1.82) is 5.26 Å². The summed E-state index contributed by atoms with van der Waals surface area (Å²) in [6.07, 6.45) is 0. The van der Waals surface area contributed by atoms with Crippen molar-refractivity contribution in [1.82, 2.24) is 10.2 Å². The first-order valence-electron chi connectivity index (χ1n) is 5.50. The van der Waals surface area contributed by atoms with Crippen LogP contribution in [0.4, 0.5) is 5.82 Å². The molecule has 1 aromatic heterocycles. The highest BCUT2D eigenvalue weighted by Gasteiger charge is 2.18. The molecule has 0 aromatic carbocycles. The van der Waals surface area contributed by atoms with Crippen LogP contribution in [0.5, 0.6) is 0 Å². The molecule has 1 heterocycles. The van der Waals surface area contributed by atoms with Crippen molar-refractivity contribution in [3.63, 3.8) is 0 Å². The van der Waals surface area contributed by atoms with Crippen molar-refractivity contribution in [2.75, 3.05) is 18.5 Å². The van der Waals surface area contributed by atoms with E-state index < -0.39 is 0 Å². The van der Waals surface area contributed by atoms with Gasteiger partial charge in [0, 0.05) is 18.6 Å². The van der Waals surface area contributed by atoms with Crippen molar-refractivity contribution < 1.29 is 5.11 Å². The van der Waals surface area contributed by atoms with Gasteiger partial charge in [0.2, 0.25) is 0 Å². The van der Waals surface area contributed by atoms with Crippen LogP contribution in [-0.4, -0.2) is 28.5 Å². The van der Waals surface area contributed by atoms with E-state index in [-0.39, 0.29) is 12.0 Å². The normalized spacial score (nSPS) is 11.1. The van der Waals surface area contributed by atoms with E-state index >= 15 is 0 Å². The SMILES string of the molecule is Cc1nnc(NCC(C)(C)CO)c(C#N)c1C. The lowest BCUT2D eigenvalue weighted by atomic mass is 9.95. The van der Waals surface area contributed by atoms with E-state index in [1.165, 1.54) is 0 Å². The third kappa shape index (κ3) is 3.14. The van der Waals surface area contributed by atoms with Crippen molar-refractivity contribution in [3.05, 3.63) is 16.8 Å². The number of rotatable bonds is 4. The molecule has 1 aromatic rings. The zero-order chi connectivity index (χ0) is 13.1. The Labute approximate surface area is 101 Å². The summed E-state index contributed by atoms with van der Waals surface area (Å²) in [4.78, 5) is 0. The molecule has 0 saturated heterocycles. The Kier molecular flexibility index (Phi) is 4.02. The molecule has 5 heteroatoms. The fraction of sp³-hybridized carbons (Fsp3) is 0.583. The van der Waals surface area contributed by atoms with Crippen LogP contribution in [0.15, 0.2) is 0 Å². The summed E-state index contributed by atoms with van der Waals surface area (Å²) in [5, 5.41) is 29.3. The fourth-order valence-electron chi connectivity index (χ4n) is 1.25.